The molecule has 2 atom stereocenters. The predicted octanol–water partition coefficient (Wildman–Crippen LogP) is 3.10. The van der Waals surface area contributed by atoms with E-state index >= 15 is 0 Å². The number of carbonyl (C=O) groups is 1. The maximum Gasteiger partial charge on any atom is 0.248 e. The molecule has 0 aliphatic carbocycles. The fraction of sp³-hybridized carbons (Fsp3) is 0.435. The van der Waals surface area contributed by atoms with E-state index in [4.69, 9.17) is 5.73 Å². The maximum absolute atomic E-state index is 11.7. The molecule has 2 aliphatic heterocycles. The molecule has 2 aromatic rings. The van der Waals surface area contributed by atoms with Crippen LogP contribution in [0.3, 0.4) is 0 Å². The number of nitrogens with zero attached hydrogens (tertiary/aromatic N) is 2. The average molecular weight is 364 g/mol. The van der Waals surface area contributed by atoms with E-state index in [1.165, 1.54) is 30.6 Å². The number of para-hydroxylation sites is 1. The Balaban J connectivity index is 1.51. The second-order valence-electron chi connectivity index (χ2n) is 7.98. The van der Waals surface area contributed by atoms with Crippen LogP contribution in [0.1, 0.15) is 34.3 Å². The number of primary amides is 1. The van der Waals surface area contributed by atoms with Crippen molar-refractivity contribution >= 4 is 11.6 Å². The lowest BCUT2D eigenvalue weighted by Gasteiger charge is -2.39. The predicted molar refractivity (Wildman–Crippen MR) is 110 cm³/mol. The summed E-state index contributed by atoms with van der Waals surface area (Å²) < 4.78 is 0. The van der Waals surface area contributed by atoms with Crippen LogP contribution in [0.2, 0.25) is 0 Å². The van der Waals surface area contributed by atoms with Crippen LogP contribution in [0.25, 0.3) is 0 Å². The van der Waals surface area contributed by atoms with Gasteiger partial charge in [0, 0.05) is 30.4 Å². The van der Waals surface area contributed by atoms with E-state index in [2.05, 4.69) is 41.1 Å². The molecule has 2 fully saturated rings. The molecule has 0 radical (unpaired) electrons. The smallest absolute Gasteiger partial charge is 0.248 e. The van der Waals surface area contributed by atoms with Gasteiger partial charge in [-0.25, -0.2) is 0 Å². The fourth-order valence-electron chi connectivity index (χ4n) is 4.85. The first-order valence-corrected chi connectivity index (χ1v) is 10.0. The number of likely N-dealkylation sites (N-methyl/N-ethyl adjacent to an activating group) is 1. The van der Waals surface area contributed by atoms with Gasteiger partial charge in [0.1, 0.15) is 0 Å². The van der Waals surface area contributed by atoms with Crippen LogP contribution < -0.4 is 10.6 Å². The lowest BCUT2D eigenvalue weighted by Crippen LogP contribution is -2.47. The van der Waals surface area contributed by atoms with Gasteiger partial charge < -0.3 is 15.5 Å². The molecule has 4 heteroatoms. The lowest BCUT2D eigenvalue weighted by molar-refractivity contribution is 0.0999. The zero-order valence-electron chi connectivity index (χ0n) is 16.1. The van der Waals surface area contributed by atoms with Gasteiger partial charge in [-0.05, 0) is 68.5 Å². The summed E-state index contributed by atoms with van der Waals surface area (Å²) in [7, 11) is 2.26. The van der Waals surface area contributed by atoms with Gasteiger partial charge >= 0.3 is 0 Å². The number of fused-ring (bicyclic) bond motifs is 1. The number of carbonyl (C=O) groups excluding carboxylic acids is 1. The Bertz CT molecular complexity index is 819. The molecule has 2 unspecified atom stereocenters. The van der Waals surface area contributed by atoms with E-state index in [-0.39, 0.29) is 5.91 Å². The van der Waals surface area contributed by atoms with Crippen molar-refractivity contribution in [3.05, 3.63) is 65.2 Å². The van der Waals surface area contributed by atoms with Gasteiger partial charge in [0.25, 0.3) is 0 Å². The normalized spacial score (nSPS) is 22.6. The SMILES string of the molecule is CN1CCC2CCN(c3ccccc3CCc3ccccc3C(N)=O)CC21. The zero-order valence-corrected chi connectivity index (χ0v) is 16.1. The second-order valence-corrected chi connectivity index (χ2v) is 7.98. The van der Waals surface area contributed by atoms with Crippen LogP contribution in [0.15, 0.2) is 48.5 Å². The van der Waals surface area contributed by atoms with Crippen molar-refractivity contribution in [2.45, 2.75) is 31.7 Å². The third-order valence-electron chi connectivity index (χ3n) is 6.42. The summed E-state index contributed by atoms with van der Waals surface area (Å²) in [6, 6.07) is 17.1. The van der Waals surface area contributed by atoms with Crippen molar-refractivity contribution < 1.29 is 4.79 Å². The molecule has 2 N–H and O–H groups in total. The highest BCUT2D eigenvalue weighted by molar-refractivity contribution is 5.94. The van der Waals surface area contributed by atoms with Gasteiger partial charge in [0.15, 0.2) is 0 Å². The maximum atomic E-state index is 11.7. The summed E-state index contributed by atoms with van der Waals surface area (Å²) in [4.78, 5) is 16.8. The number of rotatable bonds is 5. The molecule has 142 valence electrons. The molecule has 2 heterocycles. The van der Waals surface area contributed by atoms with E-state index in [0.29, 0.717) is 11.6 Å². The molecule has 4 nitrogen and oxygen atoms in total. The highest BCUT2D eigenvalue weighted by Gasteiger charge is 2.36. The van der Waals surface area contributed by atoms with Crippen LogP contribution in [0.5, 0.6) is 0 Å². The lowest BCUT2D eigenvalue weighted by atomic mass is 9.91. The fourth-order valence-corrected chi connectivity index (χ4v) is 4.85. The minimum absolute atomic E-state index is 0.342. The second kappa shape index (κ2) is 7.73. The van der Waals surface area contributed by atoms with E-state index < -0.39 is 0 Å². The van der Waals surface area contributed by atoms with Crippen molar-refractivity contribution in [1.29, 1.82) is 0 Å². The summed E-state index contributed by atoms with van der Waals surface area (Å²) in [5, 5.41) is 0. The first-order chi connectivity index (χ1) is 13.1. The molecule has 27 heavy (non-hydrogen) atoms. The third kappa shape index (κ3) is 3.72. The molecule has 4 rings (SSSR count). The van der Waals surface area contributed by atoms with Crippen molar-refractivity contribution in [2.75, 3.05) is 31.6 Å². The van der Waals surface area contributed by atoms with Gasteiger partial charge in [-0.2, -0.15) is 0 Å². The van der Waals surface area contributed by atoms with Gasteiger partial charge in [-0.3, -0.25) is 4.79 Å². The minimum Gasteiger partial charge on any atom is -0.370 e. The quantitative estimate of drug-likeness (QED) is 0.888. The highest BCUT2D eigenvalue weighted by Crippen LogP contribution is 2.34. The molecule has 2 saturated heterocycles. The molecular weight excluding hydrogens is 334 g/mol. The number of hydrogen-bond acceptors (Lipinski definition) is 3. The van der Waals surface area contributed by atoms with Gasteiger partial charge in [-0.1, -0.05) is 36.4 Å². The van der Waals surface area contributed by atoms with Crippen LogP contribution in [0, 0.1) is 5.92 Å². The molecule has 2 aromatic carbocycles. The summed E-state index contributed by atoms with van der Waals surface area (Å²) >= 11 is 0. The summed E-state index contributed by atoms with van der Waals surface area (Å²) in [6.07, 6.45) is 4.38. The monoisotopic (exact) mass is 363 g/mol. The van der Waals surface area contributed by atoms with Gasteiger partial charge in [-0.15, -0.1) is 0 Å². The number of nitrogens with two attached hydrogens (primary N) is 1. The van der Waals surface area contributed by atoms with E-state index in [9.17, 15) is 4.79 Å². The third-order valence-corrected chi connectivity index (χ3v) is 6.42. The Hall–Kier alpha value is -2.33. The number of benzene rings is 2. The van der Waals surface area contributed by atoms with Gasteiger partial charge in [0.05, 0.1) is 0 Å². The van der Waals surface area contributed by atoms with Gasteiger partial charge in [0.2, 0.25) is 5.91 Å². The van der Waals surface area contributed by atoms with E-state index in [1.807, 2.05) is 24.3 Å². The summed E-state index contributed by atoms with van der Waals surface area (Å²) in [5.74, 6) is 0.520. The Morgan fingerprint density at radius 2 is 1.67 bits per heavy atom. The number of aryl methyl sites for hydroxylation is 2. The minimum atomic E-state index is -0.342. The highest BCUT2D eigenvalue weighted by atomic mass is 16.1. The largest absolute Gasteiger partial charge is 0.370 e. The molecule has 0 saturated carbocycles. The molecular formula is C23H29N3O. The van der Waals surface area contributed by atoms with E-state index in [1.54, 1.807) is 0 Å². The van der Waals surface area contributed by atoms with Crippen molar-refractivity contribution in [2.24, 2.45) is 11.7 Å². The van der Waals surface area contributed by atoms with Crippen LogP contribution in [-0.4, -0.2) is 43.5 Å². The number of anilines is 1. The molecule has 0 spiro atoms. The Morgan fingerprint density at radius 1 is 1.00 bits per heavy atom. The topological polar surface area (TPSA) is 49.6 Å². The van der Waals surface area contributed by atoms with Crippen molar-refractivity contribution in [3.8, 4) is 0 Å². The number of amides is 1. The number of piperidine rings is 1. The Labute approximate surface area is 162 Å². The average Bonchev–Trinajstić information content (AvgIpc) is 3.07. The van der Waals surface area contributed by atoms with Crippen molar-refractivity contribution in [1.82, 2.24) is 4.90 Å². The van der Waals surface area contributed by atoms with Crippen LogP contribution in [0.4, 0.5) is 5.69 Å². The molecule has 2 aliphatic rings. The first-order valence-electron chi connectivity index (χ1n) is 10.0. The Morgan fingerprint density at radius 3 is 2.48 bits per heavy atom. The van der Waals surface area contributed by atoms with Crippen LogP contribution in [-0.2, 0) is 12.8 Å². The summed E-state index contributed by atoms with van der Waals surface area (Å²) in [6.45, 7) is 3.49. The number of likely N-dealkylation sites (tertiary alicyclic amines) is 1. The molecule has 1 amide bonds. The van der Waals surface area contributed by atoms with Crippen molar-refractivity contribution in [3.63, 3.8) is 0 Å². The first kappa shape index (κ1) is 18.1. The zero-order chi connectivity index (χ0) is 18.8. The Kier molecular flexibility index (Phi) is 5.17. The molecule has 0 aromatic heterocycles. The summed E-state index contributed by atoms with van der Waals surface area (Å²) in [5.41, 5.74) is 9.93. The van der Waals surface area contributed by atoms with Crippen LogP contribution >= 0.6 is 0 Å². The molecule has 0 bridgehead atoms. The van der Waals surface area contributed by atoms with E-state index in [0.717, 1.165) is 37.4 Å². The number of hydrogen-bond donors (Lipinski definition) is 1. The standard InChI is InChI=1S/C23H29N3O/c1-25-14-12-19-13-15-26(16-22(19)25)21-9-5-3-7-18(21)11-10-17-6-2-4-8-20(17)23(24)27/h2-9,19,22H,10-16H2,1H3,(H2,24,27).